The van der Waals surface area contributed by atoms with Gasteiger partial charge in [-0.15, -0.1) is 0 Å². The van der Waals surface area contributed by atoms with Gasteiger partial charge in [-0.05, 0) is 39.0 Å². The van der Waals surface area contributed by atoms with Crippen LogP contribution in [0.15, 0.2) is 4.99 Å². The van der Waals surface area contributed by atoms with E-state index in [4.69, 9.17) is 4.74 Å². The molecule has 2 heterocycles. The minimum atomic E-state index is 0.304. The number of rotatable bonds is 5. The third-order valence-electron chi connectivity index (χ3n) is 7.69. The van der Waals surface area contributed by atoms with Gasteiger partial charge in [-0.3, -0.25) is 14.7 Å². The van der Waals surface area contributed by atoms with E-state index in [0.29, 0.717) is 30.0 Å². The first-order valence-corrected chi connectivity index (χ1v) is 11.8. The molecule has 0 bridgehead atoms. The lowest BCUT2D eigenvalue weighted by molar-refractivity contribution is -0.131. The normalized spacial score (nSPS) is 30.1. The number of carbonyl (C=O) groups excluding carboxylic acids is 1. The SMILES string of the molecule is CCOC1CC(NC(=NC)N2CCN(CC(=O)N3CCCC3)CC2)C12CCCC2. The molecule has 0 aromatic rings. The average Bonchev–Trinajstić information content (AvgIpc) is 3.44. The highest BCUT2D eigenvalue weighted by atomic mass is 16.5. The number of aliphatic imine (C=N–C) groups is 1. The van der Waals surface area contributed by atoms with Crippen molar-refractivity contribution in [2.45, 2.75) is 64.0 Å². The highest BCUT2D eigenvalue weighted by molar-refractivity contribution is 5.81. The van der Waals surface area contributed by atoms with Crippen LogP contribution >= 0.6 is 0 Å². The Morgan fingerprint density at radius 1 is 1.03 bits per heavy atom. The predicted molar refractivity (Wildman–Crippen MR) is 115 cm³/mol. The molecular formula is C22H39N5O2. The largest absolute Gasteiger partial charge is 0.378 e. The molecule has 1 N–H and O–H groups in total. The molecule has 2 saturated carbocycles. The van der Waals surface area contributed by atoms with Crippen molar-refractivity contribution < 1.29 is 9.53 Å². The molecule has 164 valence electrons. The van der Waals surface area contributed by atoms with Crippen LogP contribution in [0.1, 0.15) is 51.9 Å². The maximum absolute atomic E-state index is 12.4. The van der Waals surface area contributed by atoms with Gasteiger partial charge in [0.05, 0.1) is 12.6 Å². The van der Waals surface area contributed by atoms with Gasteiger partial charge in [-0.1, -0.05) is 12.8 Å². The number of carbonyl (C=O) groups is 1. The van der Waals surface area contributed by atoms with Gasteiger partial charge < -0.3 is 19.9 Å². The number of ether oxygens (including phenoxy) is 1. The Balaban J connectivity index is 1.27. The van der Waals surface area contributed by atoms with Gasteiger partial charge in [0.2, 0.25) is 5.91 Å². The lowest BCUT2D eigenvalue weighted by atomic mass is 9.60. The van der Waals surface area contributed by atoms with Gasteiger partial charge in [0.15, 0.2) is 5.96 Å². The number of amides is 1. The van der Waals surface area contributed by atoms with Crippen molar-refractivity contribution in [1.29, 1.82) is 0 Å². The molecule has 0 radical (unpaired) electrons. The summed E-state index contributed by atoms with van der Waals surface area (Å²) in [6, 6.07) is 0.482. The highest BCUT2D eigenvalue weighted by Gasteiger charge is 2.57. The van der Waals surface area contributed by atoms with Crippen molar-refractivity contribution in [2.24, 2.45) is 10.4 Å². The van der Waals surface area contributed by atoms with Crippen LogP contribution in [0.4, 0.5) is 0 Å². The predicted octanol–water partition coefficient (Wildman–Crippen LogP) is 1.54. The maximum Gasteiger partial charge on any atom is 0.236 e. The van der Waals surface area contributed by atoms with Crippen molar-refractivity contribution in [2.75, 3.05) is 59.5 Å². The van der Waals surface area contributed by atoms with Crippen molar-refractivity contribution in [1.82, 2.24) is 20.0 Å². The summed E-state index contributed by atoms with van der Waals surface area (Å²) in [6.45, 7) is 9.10. The van der Waals surface area contributed by atoms with Crippen LogP contribution < -0.4 is 5.32 Å². The third-order valence-corrected chi connectivity index (χ3v) is 7.69. The molecule has 4 fully saturated rings. The molecule has 1 amide bonds. The van der Waals surface area contributed by atoms with Gasteiger partial charge in [0.1, 0.15) is 0 Å². The van der Waals surface area contributed by atoms with Crippen LogP contribution in [-0.2, 0) is 9.53 Å². The van der Waals surface area contributed by atoms with E-state index in [1.54, 1.807) is 0 Å². The average molecular weight is 406 g/mol. The minimum Gasteiger partial charge on any atom is -0.378 e. The van der Waals surface area contributed by atoms with E-state index in [2.05, 4.69) is 27.0 Å². The van der Waals surface area contributed by atoms with E-state index >= 15 is 0 Å². The quantitative estimate of drug-likeness (QED) is 0.555. The summed E-state index contributed by atoms with van der Waals surface area (Å²) < 4.78 is 6.06. The Morgan fingerprint density at radius 2 is 1.72 bits per heavy atom. The molecule has 2 atom stereocenters. The summed E-state index contributed by atoms with van der Waals surface area (Å²) in [4.78, 5) is 23.7. The first kappa shape index (κ1) is 20.9. The zero-order chi connectivity index (χ0) is 20.3. The molecule has 29 heavy (non-hydrogen) atoms. The molecule has 0 aromatic carbocycles. The van der Waals surface area contributed by atoms with E-state index in [1.807, 2.05) is 11.9 Å². The van der Waals surface area contributed by atoms with E-state index in [-0.39, 0.29) is 0 Å². The number of piperazine rings is 1. The monoisotopic (exact) mass is 405 g/mol. The number of likely N-dealkylation sites (tertiary alicyclic amines) is 1. The van der Waals surface area contributed by atoms with Gasteiger partial charge in [0, 0.05) is 64.4 Å². The van der Waals surface area contributed by atoms with E-state index in [0.717, 1.165) is 71.1 Å². The lowest BCUT2D eigenvalue weighted by Crippen LogP contribution is -2.66. The van der Waals surface area contributed by atoms with Crippen LogP contribution in [0.2, 0.25) is 0 Å². The molecule has 2 saturated heterocycles. The Hall–Kier alpha value is -1.34. The molecule has 4 rings (SSSR count). The summed E-state index contributed by atoms with van der Waals surface area (Å²) in [6.07, 6.45) is 9.03. The summed E-state index contributed by atoms with van der Waals surface area (Å²) >= 11 is 0. The zero-order valence-electron chi connectivity index (χ0n) is 18.4. The molecule has 0 aromatic heterocycles. The maximum atomic E-state index is 12.4. The van der Waals surface area contributed by atoms with Crippen LogP contribution in [0.25, 0.3) is 0 Å². The summed E-state index contributed by atoms with van der Waals surface area (Å²) in [5.74, 6) is 1.33. The highest BCUT2D eigenvalue weighted by Crippen LogP contribution is 2.54. The first-order chi connectivity index (χ1) is 14.2. The molecule has 7 nitrogen and oxygen atoms in total. The Labute approximate surface area is 175 Å². The second-order valence-electron chi connectivity index (χ2n) is 9.22. The lowest BCUT2D eigenvalue weighted by Gasteiger charge is -2.55. The fourth-order valence-electron chi connectivity index (χ4n) is 5.92. The van der Waals surface area contributed by atoms with Crippen molar-refractivity contribution in [3.8, 4) is 0 Å². The first-order valence-electron chi connectivity index (χ1n) is 11.8. The second kappa shape index (κ2) is 9.21. The van der Waals surface area contributed by atoms with Gasteiger partial charge in [-0.2, -0.15) is 0 Å². The van der Waals surface area contributed by atoms with Crippen LogP contribution in [-0.4, -0.2) is 98.2 Å². The smallest absolute Gasteiger partial charge is 0.236 e. The fourth-order valence-corrected chi connectivity index (χ4v) is 5.92. The topological polar surface area (TPSA) is 60.4 Å². The number of guanidine groups is 1. The zero-order valence-corrected chi connectivity index (χ0v) is 18.4. The van der Waals surface area contributed by atoms with E-state index in [9.17, 15) is 4.79 Å². The Kier molecular flexibility index (Phi) is 6.64. The number of hydrogen-bond donors (Lipinski definition) is 1. The standard InChI is InChI=1S/C22H39N5O2/c1-3-29-19-16-18(22(19)8-4-5-9-22)24-21(23-2)27-14-12-25(13-15-27)17-20(28)26-10-6-7-11-26/h18-19H,3-17H2,1-2H3,(H,23,24). The molecule has 4 aliphatic rings. The minimum absolute atomic E-state index is 0.304. The van der Waals surface area contributed by atoms with Gasteiger partial charge in [-0.25, -0.2) is 0 Å². The molecule has 7 heteroatoms. The van der Waals surface area contributed by atoms with Gasteiger partial charge in [0.25, 0.3) is 0 Å². The van der Waals surface area contributed by atoms with E-state index < -0.39 is 0 Å². The fraction of sp³-hybridized carbons (Fsp3) is 0.909. The number of nitrogens with one attached hydrogen (secondary N) is 1. The van der Waals surface area contributed by atoms with Gasteiger partial charge >= 0.3 is 0 Å². The number of hydrogen-bond acceptors (Lipinski definition) is 4. The molecular weight excluding hydrogens is 366 g/mol. The van der Waals surface area contributed by atoms with E-state index in [1.165, 1.54) is 25.7 Å². The second-order valence-corrected chi connectivity index (χ2v) is 9.22. The van der Waals surface area contributed by atoms with Crippen LogP contribution in [0.3, 0.4) is 0 Å². The molecule has 1 spiro atoms. The molecule has 2 aliphatic carbocycles. The van der Waals surface area contributed by atoms with Crippen molar-refractivity contribution >= 4 is 11.9 Å². The number of nitrogens with zero attached hydrogens (tertiary/aromatic N) is 4. The summed E-state index contributed by atoms with van der Waals surface area (Å²) in [5.41, 5.74) is 0.315. The summed E-state index contributed by atoms with van der Waals surface area (Å²) in [5, 5.41) is 3.80. The Morgan fingerprint density at radius 3 is 2.34 bits per heavy atom. The summed E-state index contributed by atoms with van der Waals surface area (Å²) in [7, 11) is 1.89. The Bertz CT molecular complexity index is 590. The third kappa shape index (κ3) is 4.26. The molecule has 2 unspecified atom stereocenters. The molecule has 2 aliphatic heterocycles. The van der Waals surface area contributed by atoms with Crippen molar-refractivity contribution in [3.05, 3.63) is 0 Å². The van der Waals surface area contributed by atoms with Crippen molar-refractivity contribution in [3.63, 3.8) is 0 Å². The van der Waals surface area contributed by atoms with Crippen LogP contribution in [0, 0.1) is 5.41 Å². The van der Waals surface area contributed by atoms with Crippen LogP contribution in [0.5, 0.6) is 0 Å².